The van der Waals surface area contributed by atoms with E-state index in [1.54, 1.807) is 12.1 Å². The highest BCUT2D eigenvalue weighted by molar-refractivity contribution is 5.88. The summed E-state index contributed by atoms with van der Waals surface area (Å²) in [5, 5.41) is 0. The van der Waals surface area contributed by atoms with Gasteiger partial charge in [0.2, 0.25) is 0 Å². The Labute approximate surface area is 130 Å². The molecule has 0 spiro atoms. The summed E-state index contributed by atoms with van der Waals surface area (Å²) in [7, 11) is 1.29. The van der Waals surface area contributed by atoms with E-state index in [9.17, 15) is 18.0 Å². The Balaban J connectivity index is 1.86. The number of aromatic nitrogens is 1. The molecule has 0 fully saturated rings. The fourth-order valence-electron chi connectivity index (χ4n) is 1.82. The minimum absolute atomic E-state index is 0.260. The first kappa shape index (κ1) is 16.8. The van der Waals surface area contributed by atoms with Crippen LogP contribution in [0.3, 0.4) is 0 Å². The lowest BCUT2D eigenvalue weighted by molar-refractivity contribution is -0.137. The van der Waals surface area contributed by atoms with Crippen molar-refractivity contribution in [3.63, 3.8) is 0 Å². The van der Waals surface area contributed by atoms with Crippen LogP contribution in [0.25, 0.3) is 0 Å². The number of carbonyl (C=O) groups is 1. The van der Waals surface area contributed by atoms with Crippen molar-refractivity contribution in [1.82, 2.24) is 4.98 Å². The average Bonchev–Trinajstić information content (AvgIpc) is 2.54. The Bertz CT molecular complexity index is 652. The van der Waals surface area contributed by atoms with Crippen LogP contribution in [0.4, 0.5) is 13.2 Å². The molecular weight excluding hydrogens is 311 g/mol. The van der Waals surface area contributed by atoms with Crippen molar-refractivity contribution in [3.8, 4) is 5.75 Å². The molecule has 0 bridgehead atoms. The highest BCUT2D eigenvalue weighted by Gasteiger charge is 2.29. The van der Waals surface area contributed by atoms with Gasteiger partial charge in [-0.25, -0.2) is 4.79 Å². The number of benzene rings is 1. The van der Waals surface area contributed by atoms with Gasteiger partial charge in [0.15, 0.2) is 0 Å². The van der Waals surface area contributed by atoms with Gasteiger partial charge in [0.25, 0.3) is 0 Å². The lowest BCUT2D eigenvalue weighted by atomic mass is 10.2. The second-order valence-corrected chi connectivity index (χ2v) is 4.65. The second-order valence-electron chi connectivity index (χ2n) is 4.65. The zero-order valence-electron chi connectivity index (χ0n) is 12.3. The third-order valence-corrected chi connectivity index (χ3v) is 3.05. The van der Waals surface area contributed by atoms with Crippen LogP contribution in [0.1, 0.15) is 21.6 Å². The molecule has 0 N–H and O–H groups in total. The molecule has 2 rings (SSSR count). The summed E-state index contributed by atoms with van der Waals surface area (Å²) in [6.07, 6.45) is -2.49. The number of esters is 1. The largest absolute Gasteiger partial charge is 0.493 e. The van der Waals surface area contributed by atoms with Crippen LogP contribution < -0.4 is 4.74 Å². The zero-order chi connectivity index (χ0) is 16.9. The molecule has 1 aromatic heterocycles. The number of pyridine rings is 1. The molecule has 1 aromatic carbocycles. The third kappa shape index (κ3) is 4.70. The average molecular weight is 325 g/mol. The minimum Gasteiger partial charge on any atom is -0.493 e. The van der Waals surface area contributed by atoms with Gasteiger partial charge >= 0.3 is 12.1 Å². The van der Waals surface area contributed by atoms with E-state index < -0.39 is 17.7 Å². The van der Waals surface area contributed by atoms with E-state index in [1.165, 1.54) is 25.4 Å². The molecule has 0 aliphatic carbocycles. The molecular formula is C16H14F3NO3. The topological polar surface area (TPSA) is 48.4 Å². The Morgan fingerprint density at radius 2 is 1.83 bits per heavy atom. The Kier molecular flexibility index (Phi) is 5.20. The van der Waals surface area contributed by atoms with Gasteiger partial charge in [-0.1, -0.05) is 0 Å². The van der Waals surface area contributed by atoms with Gasteiger partial charge in [0, 0.05) is 18.3 Å². The molecule has 0 unspecified atom stereocenters. The molecule has 4 nitrogen and oxygen atoms in total. The van der Waals surface area contributed by atoms with E-state index in [-0.39, 0.29) is 6.61 Å². The van der Waals surface area contributed by atoms with Crippen LogP contribution in [0.15, 0.2) is 42.6 Å². The zero-order valence-corrected chi connectivity index (χ0v) is 12.3. The van der Waals surface area contributed by atoms with Crippen molar-refractivity contribution in [1.29, 1.82) is 0 Å². The van der Waals surface area contributed by atoms with Gasteiger partial charge in [-0.15, -0.1) is 0 Å². The summed E-state index contributed by atoms with van der Waals surface area (Å²) in [6.45, 7) is 0.260. The van der Waals surface area contributed by atoms with Crippen molar-refractivity contribution in [2.24, 2.45) is 0 Å². The summed E-state index contributed by atoms with van der Waals surface area (Å²) < 4.78 is 47.2. The number of halogens is 3. The number of ether oxygens (including phenoxy) is 2. The third-order valence-electron chi connectivity index (χ3n) is 3.05. The Morgan fingerprint density at radius 1 is 1.13 bits per heavy atom. The maximum absolute atomic E-state index is 12.4. The van der Waals surface area contributed by atoms with Crippen LogP contribution in [0.5, 0.6) is 5.75 Å². The van der Waals surface area contributed by atoms with Gasteiger partial charge in [-0.2, -0.15) is 13.2 Å². The van der Waals surface area contributed by atoms with E-state index >= 15 is 0 Å². The molecule has 122 valence electrons. The molecule has 0 atom stereocenters. The number of nitrogens with zero attached hydrogens (tertiary/aromatic N) is 1. The Hall–Kier alpha value is -2.57. The first-order valence-electron chi connectivity index (χ1n) is 6.73. The first-order valence-corrected chi connectivity index (χ1v) is 6.73. The normalized spacial score (nSPS) is 11.1. The van der Waals surface area contributed by atoms with Crippen molar-refractivity contribution in [2.75, 3.05) is 13.7 Å². The fraction of sp³-hybridized carbons (Fsp3) is 0.250. The number of hydrogen-bond acceptors (Lipinski definition) is 4. The molecule has 23 heavy (non-hydrogen) atoms. The van der Waals surface area contributed by atoms with Gasteiger partial charge < -0.3 is 9.47 Å². The molecule has 0 radical (unpaired) electrons. The molecule has 0 aliphatic heterocycles. The van der Waals surface area contributed by atoms with Gasteiger partial charge in [0.05, 0.1) is 24.8 Å². The standard InChI is InChI=1S/C16H14F3NO3/c1-22-15(21)11-2-5-13(20-10-11)8-9-23-14-6-3-12(4-7-14)16(17,18)19/h2-7,10H,8-9H2,1H3. The highest BCUT2D eigenvalue weighted by atomic mass is 19.4. The number of rotatable bonds is 5. The Morgan fingerprint density at radius 3 is 2.35 bits per heavy atom. The van der Waals surface area contributed by atoms with Crippen LogP contribution in [0, 0.1) is 0 Å². The molecule has 1 heterocycles. The van der Waals surface area contributed by atoms with Gasteiger partial charge in [0.1, 0.15) is 5.75 Å². The van der Waals surface area contributed by atoms with Crippen molar-refractivity contribution >= 4 is 5.97 Å². The monoisotopic (exact) mass is 325 g/mol. The lowest BCUT2D eigenvalue weighted by Crippen LogP contribution is -2.06. The van der Waals surface area contributed by atoms with E-state index in [2.05, 4.69) is 9.72 Å². The molecule has 0 aliphatic rings. The maximum Gasteiger partial charge on any atom is 0.416 e. The van der Waals surface area contributed by atoms with Crippen LogP contribution >= 0.6 is 0 Å². The minimum atomic E-state index is -4.36. The summed E-state index contributed by atoms with van der Waals surface area (Å²) >= 11 is 0. The SMILES string of the molecule is COC(=O)c1ccc(CCOc2ccc(C(F)(F)F)cc2)nc1. The van der Waals surface area contributed by atoms with Crippen LogP contribution in [-0.2, 0) is 17.3 Å². The summed E-state index contributed by atoms with van der Waals surface area (Å²) in [4.78, 5) is 15.4. The molecule has 2 aromatic rings. The summed E-state index contributed by atoms with van der Waals surface area (Å²) in [6, 6.07) is 7.75. The van der Waals surface area contributed by atoms with Gasteiger partial charge in [-0.3, -0.25) is 4.98 Å². The quantitative estimate of drug-likeness (QED) is 0.789. The van der Waals surface area contributed by atoms with E-state index in [4.69, 9.17) is 4.74 Å². The highest BCUT2D eigenvalue weighted by Crippen LogP contribution is 2.30. The second kappa shape index (κ2) is 7.13. The smallest absolute Gasteiger partial charge is 0.416 e. The lowest BCUT2D eigenvalue weighted by Gasteiger charge is -2.09. The number of methoxy groups -OCH3 is 1. The first-order chi connectivity index (χ1) is 10.9. The van der Waals surface area contributed by atoms with E-state index in [0.29, 0.717) is 23.4 Å². The van der Waals surface area contributed by atoms with Crippen molar-refractivity contribution in [3.05, 3.63) is 59.4 Å². The van der Waals surface area contributed by atoms with E-state index in [1.807, 2.05) is 0 Å². The number of carbonyl (C=O) groups excluding carboxylic acids is 1. The summed E-state index contributed by atoms with van der Waals surface area (Å²) in [5.74, 6) is -0.116. The summed E-state index contributed by atoms with van der Waals surface area (Å²) in [5.41, 5.74) is 0.328. The van der Waals surface area contributed by atoms with Crippen LogP contribution in [0.2, 0.25) is 0 Å². The maximum atomic E-state index is 12.4. The van der Waals surface area contributed by atoms with Gasteiger partial charge in [-0.05, 0) is 36.4 Å². The fourth-order valence-corrected chi connectivity index (χ4v) is 1.82. The molecule has 7 heteroatoms. The molecule has 0 saturated carbocycles. The van der Waals surface area contributed by atoms with Crippen molar-refractivity contribution in [2.45, 2.75) is 12.6 Å². The number of alkyl halides is 3. The molecule has 0 amide bonds. The van der Waals surface area contributed by atoms with E-state index in [0.717, 1.165) is 12.1 Å². The number of hydrogen-bond donors (Lipinski definition) is 0. The predicted molar refractivity (Wildman–Crippen MR) is 76.2 cm³/mol. The van der Waals surface area contributed by atoms with Crippen molar-refractivity contribution < 1.29 is 27.4 Å². The van der Waals surface area contributed by atoms with Crippen LogP contribution in [-0.4, -0.2) is 24.7 Å². The predicted octanol–water partition coefficient (Wildman–Crippen LogP) is 3.51. The molecule has 0 saturated heterocycles.